The second kappa shape index (κ2) is 4.87. The first-order valence-electron chi connectivity index (χ1n) is 6.06. The molecule has 4 nitrogen and oxygen atoms in total. The van der Waals surface area contributed by atoms with Crippen LogP contribution < -0.4 is 10.5 Å². The van der Waals surface area contributed by atoms with E-state index in [1.165, 1.54) is 0 Å². The number of hydrogen-bond donors (Lipinski definition) is 2. The Morgan fingerprint density at radius 2 is 1.95 bits per heavy atom. The van der Waals surface area contributed by atoms with Crippen molar-refractivity contribution in [1.29, 1.82) is 0 Å². The molecule has 2 rings (SSSR count). The zero-order valence-electron chi connectivity index (χ0n) is 11.4. The summed E-state index contributed by atoms with van der Waals surface area (Å²) in [5.74, 6) is -0.0123. The van der Waals surface area contributed by atoms with E-state index in [9.17, 15) is 9.90 Å². The van der Waals surface area contributed by atoms with E-state index < -0.39 is 0 Å². The van der Waals surface area contributed by atoms with Crippen LogP contribution in [-0.4, -0.2) is 19.2 Å². The largest absolute Gasteiger partial charge is 0.506 e. The van der Waals surface area contributed by atoms with Crippen LogP contribution in [0.2, 0.25) is 5.02 Å². The average Bonchev–Trinajstić information content (AvgIpc) is 2.34. The third-order valence-corrected chi connectivity index (χ3v) is 3.59. The minimum atomic E-state index is -0.373. The highest BCUT2D eigenvalue weighted by atomic mass is 35.5. The van der Waals surface area contributed by atoms with Crippen molar-refractivity contribution in [3.05, 3.63) is 38.2 Å². The van der Waals surface area contributed by atoms with Crippen molar-refractivity contribution in [1.82, 2.24) is 0 Å². The van der Waals surface area contributed by atoms with Gasteiger partial charge in [-0.2, -0.15) is 0 Å². The monoisotopic (exact) mass is 282 g/mol. The number of benzene rings is 1. The normalized spacial score (nSPS) is 11.5. The summed E-state index contributed by atoms with van der Waals surface area (Å²) in [6.07, 6.45) is 0. The fraction of sp³-hybridized carbons (Fsp3) is 0.357. The number of halogens is 1. The van der Waals surface area contributed by atoms with Gasteiger partial charge in [-0.15, -0.1) is 0 Å². The highest BCUT2D eigenvalue weighted by Crippen LogP contribution is 2.35. The molecular weight excluding hydrogens is 266 g/mol. The molecule has 102 valence electrons. The Morgan fingerprint density at radius 3 is 2.53 bits per heavy atom. The predicted molar refractivity (Wildman–Crippen MR) is 75.1 cm³/mol. The van der Waals surface area contributed by atoms with E-state index >= 15 is 0 Å². The number of hydrogen-bond acceptors (Lipinski definition) is 3. The second-order valence-corrected chi connectivity index (χ2v) is 5.49. The SMILES string of the molecule is Cc1c(C)c2cc(Cl)c(O)c(C[NH+](C)C)c2oc1=O. The fourth-order valence-corrected chi connectivity index (χ4v) is 2.34. The quantitative estimate of drug-likeness (QED) is 0.819. The van der Waals surface area contributed by atoms with Gasteiger partial charge in [-0.05, 0) is 25.5 Å². The number of nitrogens with one attached hydrogen (secondary N) is 1. The summed E-state index contributed by atoms with van der Waals surface area (Å²) in [4.78, 5) is 12.9. The van der Waals surface area contributed by atoms with Crippen molar-refractivity contribution in [2.75, 3.05) is 14.1 Å². The van der Waals surface area contributed by atoms with Gasteiger partial charge in [0, 0.05) is 10.9 Å². The van der Waals surface area contributed by atoms with Crippen molar-refractivity contribution in [3.8, 4) is 5.75 Å². The van der Waals surface area contributed by atoms with E-state index in [0.29, 0.717) is 23.3 Å². The average molecular weight is 283 g/mol. The molecule has 0 amide bonds. The van der Waals surface area contributed by atoms with Crippen molar-refractivity contribution < 1.29 is 14.4 Å². The number of phenolic OH excluding ortho intramolecular Hbond substituents is 1. The molecule has 2 aromatic rings. The summed E-state index contributed by atoms with van der Waals surface area (Å²) in [5.41, 5.74) is 2.03. The lowest BCUT2D eigenvalue weighted by atomic mass is 10.0. The molecule has 1 aromatic heterocycles. The summed E-state index contributed by atoms with van der Waals surface area (Å²) < 4.78 is 5.35. The molecule has 1 heterocycles. The summed E-state index contributed by atoms with van der Waals surface area (Å²) in [6.45, 7) is 4.10. The summed E-state index contributed by atoms with van der Waals surface area (Å²) in [5, 5.41) is 11.1. The van der Waals surface area contributed by atoms with Crippen LogP contribution in [-0.2, 0) is 6.54 Å². The lowest BCUT2D eigenvalue weighted by Gasteiger charge is -2.13. The maximum Gasteiger partial charge on any atom is 0.339 e. The molecule has 0 fully saturated rings. The molecule has 0 unspecified atom stereocenters. The van der Waals surface area contributed by atoms with Crippen molar-refractivity contribution in [2.24, 2.45) is 0 Å². The van der Waals surface area contributed by atoms with Crippen LogP contribution in [0.1, 0.15) is 16.7 Å². The smallest absolute Gasteiger partial charge is 0.339 e. The lowest BCUT2D eigenvalue weighted by Crippen LogP contribution is -3.04. The van der Waals surface area contributed by atoms with Gasteiger partial charge in [-0.3, -0.25) is 0 Å². The Morgan fingerprint density at radius 1 is 1.32 bits per heavy atom. The van der Waals surface area contributed by atoms with E-state index in [-0.39, 0.29) is 16.4 Å². The highest BCUT2D eigenvalue weighted by molar-refractivity contribution is 6.33. The van der Waals surface area contributed by atoms with Gasteiger partial charge in [0.05, 0.1) is 24.7 Å². The van der Waals surface area contributed by atoms with Gasteiger partial charge >= 0.3 is 5.63 Å². The molecule has 2 N–H and O–H groups in total. The van der Waals surface area contributed by atoms with Gasteiger partial charge in [0.1, 0.15) is 12.3 Å². The molecule has 1 aromatic carbocycles. The molecule has 0 aliphatic carbocycles. The standard InChI is InChI=1S/C14H16ClNO3/c1-7-8(2)14(18)19-13-9(7)5-11(15)12(17)10(13)6-16(3)4/h5,17H,6H2,1-4H3/p+1. The number of fused-ring (bicyclic) bond motifs is 1. The molecule has 0 atom stereocenters. The zero-order valence-corrected chi connectivity index (χ0v) is 12.2. The van der Waals surface area contributed by atoms with E-state index in [4.69, 9.17) is 16.0 Å². The molecule has 0 bridgehead atoms. The molecule has 19 heavy (non-hydrogen) atoms. The Hall–Kier alpha value is -1.52. The van der Waals surface area contributed by atoms with Crippen LogP contribution in [0.3, 0.4) is 0 Å². The van der Waals surface area contributed by atoms with E-state index in [0.717, 1.165) is 15.8 Å². The van der Waals surface area contributed by atoms with Crippen LogP contribution in [0.15, 0.2) is 15.3 Å². The second-order valence-electron chi connectivity index (χ2n) is 5.09. The molecule has 0 saturated heterocycles. The fourth-order valence-electron chi connectivity index (χ4n) is 2.11. The molecule has 5 heteroatoms. The predicted octanol–water partition coefficient (Wildman–Crippen LogP) is 1.41. The molecule has 0 spiro atoms. The van der Waals surface area contributed by atoms with E-state index in [1.54, 1.807) is 13.0 Å². The van der Waals surface area contributed by atoms with Crippen LogP contribution in [0.5, 0.6) is 5.75 Å². The minimum Gasteiger partial charge on any atom is -0.506 e. The first-order chi connectivity index (χ1) is 8.82. The Kier molecular flexibility index (Phi) is 3.56. The van der Waals surface area contributed by atoms with Crippen molar-refractivity contribution in [3.63, 3.8) is 0 Å². The summed E-state index contributed by atoms with van der Waals surface area (Å²) in [6, 6.07) is 1.64. The van der Waals surface area contributed by atoms with E-state index in [1.807, 2.05) is 21.0 Å². The molecule has 0 radical (unpaired) electrons. The molecule has 0 aliphatic rings. The Balaban J connectivity index is 2.92. The topological polar surface area (TPSA) is 54.9 Å². The molecule has 0 aliphatic heterocycles. The van der Waals surface area contributed by atoms with E-state index in [2.05, 4.69) is 0 Å². The number of quaternary nitrogens is 1. The van der Waals surface area contributed by atoms with Gasteiger partial charge in [-0.1, -0.05) is 11.6 Å². The lowest BCUT2D eigenvalue weighted by molar-refractivity contribution is -0.872. The minimum absolute atomic E-state index is 0.0123. The molecular formula is C14H17ClNO3+. The van der Waals surface area contributed by atoms with Crippen LogP contribution in [0.4, 0.5) is 0 Å². The number of aromatic hydroxyl groups is 1. The first kappa shape index (κ1) is 13.9. The maximum absolute atomic E-state index is 11.8. The van der Waals surface area contributed by atoms with Crippen molar-refractivity contribution in [2.45, 2.75) is 20.4 Å². The van der Waals surface area contributed by atoms with Gasteiger partial charge in [-0.25, -0.2) is 4.79 Å². The first-order valence-corrected chi connectivity index (χ1v) is 6.44. The van der Waals surface area contributed by atoms with Gasteiger partial charge in [0.25, 0.3) is 0 Å². The Labute approximate surface area is 116 Å². The van der Waals surface area contributed by atoms with Gasteiger partial charge in [0.2, 0.25) is 0 Å². The van der Waals surface area contributed by atoms with Crippen molar-refractivity contribution >= 4 is 22.6 Å². The van der Waals surface area contributed by atoms with Crippen LogP contribution in [0.25, 0.3) is 11.0 Å². The van der Waals surface area contributed by atoms with Crippen LogP contribution >= 0.6 is 11.6 Å². The third-order valence-electron chi connectivity index (χ3n) is 3.30. The van der Waals surface area contributed by atoms with Gasteiger partial charge < -0.3 is 14.4 Å². The number of aryl methyl sites for hydroxylation is 1. The summed E-state index contributed by atoms with van der Waals surface area (Å²) in [7, 11) is 3.90. The zero-order chi connectivity index (χ0) is 14.3. The number of phenols is 1. The Bertz CT molecular complexity index is 704. The number of rotatable bonds is 2. The third kappa shape index (κ3) is 2.33. The van der Waals surface area contributed by atoms with Crippen LogP contribution in [0, 0.1) is 13.8 Å². The van der Waals surface area contributed by atoms with Gasteiger partial charge in [0.15, 0.2) is 5.58 Å². The summed E-state index contributed by atoms with van der Waals surface area (Å²) >= 11 is 6.06. The maximum atomic E-state index is 11.8. The molecule has 0 saturated carbocycles. The highest BCUT2D eigenvalue weighted by Gasteiger charge is 2.19.